The maximum atomic E-state index is 11.6. The Labute approximate surface area is 203 Å². The second kappa shape index (κ2) is 9.17. The minimum atomic E-state index is -0.0490. The first-order valence-corrected chi connectivity index (χ1v) is 13.0. The van der Waals surface area contributed by atoms with Crippen molar-refractivity contribution in [3.8, 4) is 16.9 Å². The van der Waals surface area contributed by atoms with Gasteiger partial charge < -0.3 is 19.7 Å². The number of rotatable bonds is 6. The third-order valence-electron chi connectivity index (χ3n) is 7.40. The van der Waals surface area contributed by atoms with Crippen molar-refractivity contribution in [2.45, 2.75) is 25.5 Å². The monoisotopic (exact) mass is 478 g/mol. The van der Waals surface area contributed by atoms with Crippen molar-refractivity contribution in [3.63, 3.8) is 0 Å². The molecule has 0 saturated carbocycles. The summed E-state index contributed by atoms with van der Waals surface area (Å²) in [6.45, 7) is 8.79. The van der Waals surface area contributed by atoms with Gasteiger partial charge in [0.15, 0.2) is 0 Å². The fourth-order valence-corrected chi connectivity index (χ4v) is 5.82. The molecule has 1 amide bonds. The van der Waals surface area contributed by atoms with E-state index >= 15 is 0 Å². The molecule has 0 bridgehead atoms. The second-order valence-electron chi connectivity index (χ2n) is 9.53. The lowest BCUT2D eigenvalue weighted by atomic mass is 10.0. The number of thiazole rings is 1. The van der Waals surface area contributed by atoms with Crippen LogP contribution in [-0.2, 0) is 9.53 Å². The molecule has 3 fully saturated rings. The highest BCUT2D eigenvalue weighted by Crippen LogP contribution is 2.36. The predicted molar refractivity (Wildman–Crippen MR) is 135 cm³/mol. The van der Waals surface area contributed by atoms with Crippen LogP contribution in [0.2, 0.25) is 0 Å². The lowest BCUT2D eigenvalue weighted by Gasteiger charge is -2.43. The molecule has 0 spiro atoms. The maximum absolute atomic E-state index is 11.6. The first kappa shape index (κ1) is 21.8. The smallest absolute Gasteiger partial charge is 0.220 e. The fraction of sp³-hybridized carbons (Fsp3) is 0.462. The molecule has 4 heterocycles. The van der Waals surface area contributed by atoms with Gasteiger partial charge in [-0.05, 0) is 42.3 Å². The van der Waals surface area contributed by atoms with Gasteiger partial charge in [0.05, 0.1) is 35.0 Å². The Morgan fingerprint density at radius 1 is 1.12 bits per heavy atom. The molecular weight excluding hydrogens is 448 g/mol. The van der Waals surface area contributed by atoms with Gasteiger partial charge in [-0.25, -0.2) is 4.98 Å². The summed E-state index contributed by atoms with van der Waals surface area (Å²) < 4.78 is 12.8. The van der Waals surface area contributed by atoms with Crippen LogP contribution in [-0.4, -0.2) is 73.9 Å². The molecule has 3 saturated heterocycles. The number of nitrogens with one attached hydrogen (secondary N) is 1. The van der Waals surface area contributed by atoms with Crippen molar-refractivity contribution in [2.75, 3.05) is 50.8 Å². The maximum Gasteiger partial charge on any atom is 0.220 e. The van der Waals surface area contributed by atoms with Gasteiger partial charge in [-0.1, -0.05) is 12.1 Å². The third-order valence-corrected chi connectivity index (χ3v) is 8.26. The summed E-state index contributed by atoms with van der Waals surface area (Å²) in [5.74, 6) is 1.15. The van der Waals surface area contributed by atoms with Crippen LogP contribution >= 0.6 is 11.3 Å². The second-order valence-corrected chi connectivity index (χ2v) is 10.4. The van der Waals surface area contributed by atoms with E-state index in [1.165, 1.54) is 5.69 Å². The topological polar surface area (TPSA) is 66.9 Å². The van der Waals surface area contributed by atoms with Crippen LogP contribution in [0.5, 0.6) is 5.75 Å². The molecule has 3 aromatic rings. The zero-order chi connectivity index (χ0) is 23.1. The van der Waals surface area contributed by atoms with E-state index in [1.807, 2.05) is 5.51 Å². The van der Waals surface area contributed by atoms with Crippen LogP contribution in [0.4, 0.5) is 5.69 Å². The molecule has 0 radical (unpaired) electrons. The van der Waals surface area contributed by atoms with E-state index in [4.69, 9.17) is 9.47 Å². The van der Waals surface area contributed by atoms with Crippen molar-refractivity contribution < 1.29 is 14.3 Å². The van der Waals surface area contributed by atoms with Crippen LogP contribution in [0.1, 0.15) is 13.3 Å². The van der Waals surface area contributed by atoms with Gasteiger partial charge in [-0.15, -0.1) is 11.3 Å². The van der Waals surface area contributed by atoms with E-state index in [2.05, 4.69) is 63.4 Å². The van der Waals surface area contributed by atoms with E-state index in [0.717, 1.165) is 66.5 Å². The van der Waals surface area contributed by atoms with E-state index in [1.54, 1.807) is 11.3 Å². The number of hydrogen-bond donors (Lipinski definition) is 1. The Bertz CT molecular complexity index is 1170. The highest BCUT2D eigenvalue weighted by atomic mass is 32.1. The highest BCUT2D eigenvalue weighted by molar-refractivity contribution is 7.17. The number of fused-ring (bicyclic) bond motifs is 1. The minimum Gasteiger partial charge on any atom is -0.489 e. The van der Waals surface area contributed by atoms with Crippen LogP contribution in [0.25, 0.3) is 21.3 Å². The van der Waals surface area contributed by atoms with Crippen molar-refractivity contribution in [2.24, 2.45) is 5.92 Å². The SMILES string of the molecule is CC(Oc1cc(-c2ccc(N3CCN(C4COC4)CC3)cc2)cc2ncsc12)[C@H]1CNC(=O)C1. The number of ether oxygens (including phenoxy) is 2. The highest BCUT2D eigenvalue weighted by Gasteiger charge is 2.30. The number of hydrogen-bond acceptors (Lipinski definition) is 7. The summed E-state index contributed by atoms with van der Waals surface area (Å²) in [6, 6.07) is 13.7. The largest absolute Gasteiger partial charge is 0.489 e. The molecule has 1 unspecified atom stereocenters. The molecule has 7 nitrogen and oxygen atoms in total. The summed E-state index contributed by atoms with van der Waals surface area (Å²) in [7, 11) is 0. The first-order chi connectivity index (χ1) is 16.6. The number of piperazine rings is 1. The van der Waals surface area contributed by atoms with Gasteiger partial charge in [-0.2, -0.15) is 0 Å². The van der Waals surface area contributed by atoms with E-state index in [9.17, 15) is 4.79 Å². The van der Waals surface area contributed by atoms with Gasteiger partial charge in [0.25, 0.3) is 0 Å². The molecule has 3 aliphatic heterocycles. The first-order valence-electron chi connectivity index (χ1n) is 12.1. The molecule has 2 aromatic carbocycles. The minimum absolute atomic E-state index is 0.0490. The van der Waals surface area contributed by atoms with E-state index in [-0.39, 0.29) is 17.9 Å². The van der Waals surface area contributed by atoms with Gasteiger partial charge in [0.1, 0.15) is 11.9 Å². The summed E-state index contributed by atoms with van der Waals surface area (Å²) in [5.41, 5.74) is 6.34. The van der Waals surface area contributed by atoms with Gasteiger partial charge in [0, 0.05) is 50.7 Å². The number of nitrogens with zero attached hydrogens (tertiary/aromatic N) is 3. The van der Waals surface area contributed by atoms with Gasteiger partial charge >= 0.3 is 0 Å². The fourth-order valence-electron chi connectivity index (χ4n) is 5.09. The number of carbonyl (C=O) groups is 1. The van der Waals surface area contributed by atoms with Crippen molar-refractivity contribution >= 4 is 33.1 Å². The summed E-state index contributed by atoms with van der Waals surface area (Å²) >= 11 is 1.59. The predicted octanol–water partition coefficient (Wildman–Crippen LogP) is 3.39. The van der Waals surface area contributed by atoms with E-state index in [0.29, 0.717) is 19.0 Å². The lowest BCUT2D eigenvalue weighted by Crippen LogP contribution is -2.56. The Kier molecular flexibility index (Phi) is 5.89. The van der Waals surface area contributed by atoms with Crippen LogP contribution in [0.3, 0.4) is 0 Å². The third kappa shape index (κ3) is 4.26. The molecule has 1 N–H and O–H groups in total. The summed E-state index contributed by atoms with van der Waals surface area (Å²) in [4.78, 5) is 21.2. The van der Waals surface area contributed by atoms with Crippen molar-refractivity contribution in [1.29, 1.82) is 0 Å². The normalized spacial score (nSPS) is 22.6. The molecule has 178 valence electrons. The quantitative estimate of drug-likeness (QED) is 0.586. The van der Waals surface area contributed by atoms with Gasteiger partial charge in [0.2, 0.25) is 5.91 Å². The molecule has 0 aliphatic carbocycles. The lowest BCUT2D eigenvalue weighted by molar-refractivity contribution is -0.119. The molecule has 6 rings (SSSR count). The van der Waals surface area contributed by atoms with Crippen LogP contribution in [0.15, 0.2) is 41.9 Å². The number of benzene rings is 2. The zero-order valence-electron chi connectivity index (χ0n) is 19.4. The average molecular weight is 479 g/mol. The zero-order valence-corrected chi connectivity index (χ0v) is 20.2. The molecular formula is C26H30N4O3S. The molecule has 34 heavy (non-hydrogen) atoms. The summed E-state index contributed by atoms with van der Waals surface area (Å²) in [5, 5.41) is 2.91. The Hall–Kier alpha value is -2.68. The van der Waals surface area contributed by atoms with Gasteiger partial charge in [-0.3, -0.25) is 9.69 Å². The summed E-state index contributed by atoms with van der Waals surface area (Å²) in [6.07, 6.45) is 0.476. The van der Waals surface area contributed by atoms with Crippen molar-refractivity contribution in [3.05, 3.63) is 41.9 Å². The number of aromatic nitrogens is 1. The number of anilines is 1. The molecule has 8 heteroatoms. The Balaban J connectivity index is 1.19. The Morgan fingerprint density at radius 2 is 1.91 bits per heavy atom. The average Bonchev–Trinajstić information content (AvgIpc) is 3.48. The molecule has 3 aliphatic rings. The van der Waals surface area contributed by atoms with Crippen molar-refractivity contribution in [1.82, 2.24) is 15.2 Å². The molecule has 1 aromatic heterocycles. The Morgan fingerprint density at radius 3 is 2.59 bits per heavy atom. The molecule has 2 atom stereocenters. The van der Waals surface area contributed by atoms with Crippen LogP contribution < -0.4 is 15.0 Å². The van der Waals surface area contributed by atoms with Crippen LogP contribution in [0, 0.1) is 5.92 Å². The number of amides is 1. The van der Waals surface area contributed by atoms with E-state index < -0.39 is 0 Å². The number of carbonyl (C=O) groups excluding carboxylic acids is 1. The standard InChI is InChI=1S/C26H30N4O3S/c1-17(20-12-25(31)27-13-20)33-24-11-19(10-23-26(24)34-16-28-23)18-2-4-21(5-3-18)29-6-8-30(9-7-29)22-14-32-15-22/h2-5,10-11,16-17,20,22H,6-9,12-15H2,1H3,(H,27,31)/t17?,20-/m1/s1.